The summed E-state index contributed by atoms with van der Waals surface area (Å²) in [5.41, 5.74) is 2.62. The molecule has 140 valence electrons. The fraction of sp³-hybridized carbons (Fsp3) is 0.478. The summed E-state index contributed by atoms with van der Waals surface area (Å²) in [6.45, 7) is 12.4. The van der Waals surface area contributed by atoms with Crippen molar-refractivity contribution in [2.75, 3.05) is 6.54 Å². The summed E-state index contributed by atoms with van der Waals surface area (Å²) < 4.78 is 2.24. The first-order valence-corrected chi connectivity index (χ1v) is 9.55. The zero-order valence-electron chi connectivity index (χ0n) is 16.7. The predicted octanol–water partition coefficient (Wildman–Crippen LogP) is 4.96. The Morgan fingerprint density at radius 2 is 1.38 bits per heavy atom. The lowest BCUT2D eigenvalue weighted by molar-refractivity contribution is 0.133. The molecule has 0 saturated heterocycles. The van der Waals surface area contributed by atoms with Crippen molar-refractivity contribution >= 4 is 21.8 Å². The molecule has 0 bridgehead atoms. The number of nitrogens with zero attached hydrogens (tertiary/aromatic N) is 1. The third-order valence-electron chi connectivity index (χ3n) is 4.86. The Balaban J connectivity index is 1.78. The first-order valence-electron chi connectivity index (χ1n) is 9.55. The third-order valence-corrected chi connectivity index (χ3v) is 4.86. The van der Waals surface area contributed by atoms with E-state index in [0.717, 1.165) is 6.42 Å². The Labute approximate surface area is 157 Å². The van der Waals surface area contributed by atoms with Gasteiger partial charge in [0.1, 0.15) is 0 Å². The van der Waals surface area contributed by atoms with Gasteiger partial charge in [0.2, 0.25) is 0 Å². The number of nitrogens with one attached hydrogen (secondary N) is 1. The van der Waals surface area contributed by atoms with Gasteiger partial charge >= 0.3 is 0 Å². The molecule has 2 aromatic carbocycles. The Morgan fingerprint density at radius 1 is 0.885 bits per heavy atom. The maximum absolute atomic E-state index is 10.7. The van der Waals surface area contributed by atoms with Gasteiger partial charge in [-0.2, -0.15) is 0 Å². The molecule has 1 atom stereocenters. The fourth-order valence-corrected chi connectivity index (χ4v) is 4.26. The summed E-state index contributed by atoms with van der Waals surface area (Å²) in [6.07, 6.45) is 0.621. The van der Waals surface area contributed by atoms with Crippen LogP contribution in [0.5, 0.6) is 0 Å². The van der Waals surface area contributed by atoms with E-state index in [-0.39, 0.29) is 11.0 Å². The van der Waals surface area contributed by atoms with Crippen LogP contribution >= 0.6 is 0 Å². The maximum Gasteiger partial charge on any atom is 0.0843 e. The minimum atomic E-state index is -0.437. The number of aliphatic hydroxyl groups is 1. The summed E-state index contributed by atoms with van der Waals surface area (Å²) in [4.78, 5) is 0. The van der Waals surface area contributed by atoms with Crippen LogP contribution in [0.4, 0.5) is 0 Å². The first kappa shape index (κ1) is 18.9. The molecule has 0 amide bonds. The van der Waals surface area contributed by atoms with Gasteiger partial charge in [-0.3, -0.25) is 0 Å². The number of hydrogen-bond acceptors (Lipinski definition) is 2. The van der Waals surface area contributed by atoms with Gasteiger partial charge in [-0.15, -0.1) is 0 Å². The summed E-state index contributed by atoms with van der Waals surface area (Å²) in [5, 5.41) is 16.8. The van der Waals surface area contributed by atoms with Crippen molar-refractivity contribution in [3.05, 3.63) is 48.5 Å². The van der Waals surface area contributed by atoms with E-state index in [1.165, 1.54) is 21.8 Å². The lowest BCUT2D eigenvalue weighted by Gasteiger charge is -2.34. The highest BCUT2D eigenvalue weighted by Crippen LogP contribution is 2.29. The lowest BCUT2D eigenvalue weighted by atomic mass is 9.82. The molecule has 2 N–H and O–H groups in total. The molecular weight excluding hydrogens is 320 g/mol. The van der Waals surface area contributed by atoms with Crippen LogP contribution in [0.15, 0.2) is 48.5 Å². The summed E-state index contributed by atoms with van der Waals surface area (Å²) >= 11 is 0. The molecule has 1 aromatic heterocycles. The van der Waals surface area contributed by atoms with Crippen molar-refractivity contribution in [3.63, 3.8) is 0 Å². The van der Waals surface area contributed by atoms with Gasteiger partial charge in [0, 0.05) is 33.9 Å². The normalized spacial score (nSPS) is 14.2. The van der Waals surface area contributed by atoms with Crippen LogP contribution in [0.2, 0.25) is 0 Å². The SMILES string of the molecule is CC(C)(C)CC(C)(C)NCC(O)Cn1c2ccccc2c2ccccc21. The minimum Gasteiger partial charge on any atom is -0.390 e. The molecule has 0 aliphatic carbocycles. The second-order valence-corrected chi connectivity index (χ2v) is 9.30. The van der Waals surface area contributed by atoms with E-state index in [4.69, 9.17) is 0 Å². The molecular formula is C23H32N2O. The molecule has 3 aromatic rings. The number of hydrogen-bond donors (Lipinski definition) is 2. The van der Waals surface area contributed by atoms with E-state index in [0.29, 0.717) is 13.1 Å². The van der Waals surface area contributed by atoms with Crippen molar-refractivity contribution in [3.8, 4) is 0 Å². The highest BCUT2D eigenvalue weighted by atomic mass is 16.3. The smallest absolute Gasteiger partial charge is 0.0843 e. The molecule has 1 unspecified atom stereocenters. The maximum atomic E-state index is 10.7. The largest absolute Gasteiger partial charge is 0.390 e. The van der Waals surface area contributed by atoms with Crippen LogP contribution in [0.1, 0.15) is 41.0 Å². The van der Waals surface area contributed by atoms with Crippen molar-refractivity contribution < 1.29 is 5.11 Å². The van der Waals surface area contributed by atoms with Crippen molar-refractivity contribution in [2.45, 2.75) is 59.2 Å². The monoisotopic (exact) mass is 352 g/mol. The summed E-state index contributed by atoms with van der Waals surface area (Å²) in [7, 11) is 0. The van der Waals surface area contributed by atoms with Crippen LogP contribution in [0, 0.1) is 5.41 Å². The van der Waals surface area contributed by atoms with Crippen LogP contribution in [0.3, 0.4) is 0 Å². The highest BCUT2D eigenvalue weighted by Gasteiger charge is 2.25. The number of para-hydroxylation sites is 2. The molecule has 0 radical (unpaired) electrons. The van der Waals surface area contributed by atoms with E-state index in [1.807, 2.05) is 0 Å². The molecule has 3 heteroatoms. The van der Waals surface area contributed by atoms with E-state index in [1.54, 1.807) is 0 Å². The van der Waals surface area contributed by atoms with Crippen molar-refractivity contribution in [1.82, 2.24) is 9.88 Å². The molecule has 0 spiro atoms. The second kappa shape index (κ2) is 7.05. The number of aromatic nitrogens is 1. The van der Waals surface area contributed by atoms with Crippen LogP contribution in [0.25, 0.3) is 21.8 Å². The Morgan fingerprint density at radius 3 is 1.88 bits per heavy atom. The Kier molecular flexibility index (Phi) is 5.14. The Hall–Kier alpha value is -1.84. The fourth-order valence-electron chi connectivity index (χ4n) is 4.26. The molecule has 0 aliphatic heterocycles. The van der Waals surface area contributed by atoms with E-state index in [9.17, 15) is 5.11 Å². The predicted molar refractivity (Wildman–Crippen MR) is 112 cm³/mol. The second-order valence-electron chi connectivity index (χ2n) is 9.30. The molecule has 1 heterocycles. The first-order chi connectivity index (χ1) is 12.2. The van der Waals surface area contributed by atoms with E-state index >= 15 is 0 Å². The van der Waals surface area contributed by atoms with Crippen molar-refractivity contribution in [1.29, 1.82) is 0 Å². The number of β-amino-alcohol motifs (C(OH)–C–C–N with tert-alkyl or cyclic N) is 1. The van der Waals surface area contributed by atoms with Gasteiger partial charge in [0.15, 0.2) is 0 Å². The number of aliphatic hydroxyl groups excluding tert-OH is 1. The van der Waals surface area contributed by atoms with Crippen LogP contribution in [-0.2, 0) is 6.54 Å². The van der Waals surface area contributed by atoms with Gasteiger partial charge < -0.3 is 15.0 Å². The van der Waals surface area contributed by atoms with Gasteiger partial charge in [0.25, 0.3) is 0 Å². The van der Waals surface area contributed by atoms with Gasteiger partial charge in [-0.1, -0.05) is 57.2 Å². The molecule has 0 aliphatic rings. The third kappa shape index (κ3) is 4.28. The van der Waals surface area contributed by atoms with Gasteiger partial charge in [-0.05, 0) is 37.8 Å². The zero-order chi connectivity index (χ0) is 18.9. The summed E-state index contributed by atoms with van der Waals surface area (Å²) in [6, 6.07) is 16.9. The van der Waals surface area contributed by atoms with Gasteiger partial charge in [-0.25, -0.2) is 0 Å². The Bertz CT molecular complexity index is 833. The molecule has 26 heavy (non-hydrogen) atoms. The summed E-state index contributed by atoms with van der Waals surface area (Å²) in [5.74, 6) is 0. The van der Waals surface area contributed by atoms with Crippen LogP contribution in [-0.4, -0.2) is 27.9 Å². The van der Waals surface area contributed by atoms with Crippen LogP contribution < -0.4 is 5.32 Å². The number of benzene rings is 2. The standard InChI is InChI=1S/C23H32N2O/c1-22(2,3)16-23(4,5)24-14-17(26)15-25-20-12-8-6-10-18(20)19-11-7-9-13-21(19)25/h6-13,17,24,26H,14-16H2,1-5H3. The highest BCUT2D eigenvalue weighted by molar-refractivity contribution is 6.07. The van der Waals surface area contributed by atoms with E-state index < -0.39 is 6.10 Å². The molecule has 3 rings (SSSR count). The topological polar surface area (TPSA) is 37.2 Å². The number of fused-ring (bicyclic) bond motifs is 3. The number of rotatable bonds is 6. The molecule has 0 fully saturated rings. The average molecular weight is 353 g/mol. The average Bonchev–Trinajstić information content (AvgIpc) is 2.86. The minimum absolute atomic E-state index is 0.0000534. The van der Waals surface area contributed by atoms with Crippen molar-refractivity contribution in [2.24, 2.45) is 5.41 Å². The molecule has 3 nitrogen and oxygen atoms in total. The van der Waals surface area contributed by atoms with E-state index in [2.05, 4.69) is 93.0 Å². The zero-order valence-corrected chi connectivity index (χ0v) is 16.7. The lowest BCUT2D eigenvalue weighted by Crippen LogP contribution is -2.46. The van der Waals surface area contributed by atoms with Gasteiger partial charge in [0.05, 0.1) is 12.6 Å². The quantitative estimate of drug-likeness (QED) is 0.658. The molecule has 0 saturated carbocycles.